The second-order valence-electron chi connectivity index (χ2n) is 4.97. The average Bonchev–Trinajstić information content (AvgIpc) is 2.31. The van der Waals surface area contributed by atoms with Gasteiger partial charge in [-0.05, 0) is 38.5 Å². The molecule has 1 aromatic carbocycles. The van der Waals surface area contributed by atoms with Crippen LogP contribution in [0.4, 0.5) is 0 Å². The number of hydrogen-bond acceptors (Lipinski definition) is 3. The lowest BCUT2D eigenvalue weighted by Gasteiger charge is -2.09. The van der Waals surface area contributed by atoms with E-state index >= 15 is 0 Å². The Labute approximate surface area is 122 Å². The Balaban J connectivity index is 2.43. The Morgan fingerprint density at radius 1 is 1.21 bits per heavy atom. The average molecular weight is 320 g/mol. The van der Waals surface area contributed by atoms with E-state index in [1.54, 1.807) is 0 Å². The topological polar surface area (TPSA) is 51.8 Å². The number of rotatable bonds is 3. The Kier molecular flexibility index (Phi) is 4.32. The van der Waals surface area contributed by atoms with E-state index in [4.69, 9.17) is 5.73 Å². The maximum Gasteiger partial charge on any atom is 0.159 e. The van der Waals surface area contributed by atoms with E-state index < -0.39 is 0 Å². The summed E-state index contributed by atoms with van der Waals surface area (Å²) >= 11 is 3.55. The van der Waals surface area contributed by atoms with Gasteiger partial charge in [0, 0.05) is 33.9 Å². The van der Waals surface area contributed by atoms with Crippen LogP contribution in [0.5, 0.6) is 0 Å². The van der Waals surface area contributed by atoms with Gasteiger partial charge in [-0.15, -0.1) is 0 Å². The highest BCUT2D eigenvalue weighted by Gasteiger charge is 2.08. The van der Waals surface area contributed by atoms with Crippen LogP contribution in [0.1, 0.15) is 23.9 Å². The van der Waals surface area contributed by atoms with Crippen LogP contribution in [0.25, 0.3) is 11.4 Å². The largest absolute Gasteiger partial charge is 0.328 e. The molecule has 0 saturated heterocycles. The quantitative estimate of drug-likeness (QED) is 0.943. The van der Waals surface area contributed by atoms with Crippen molar-refractivity contribution in [3.8, 4) is 11.4 Å². The molecule has 0 fully saturated rings. The van der Waals surface area contributed by atoms with E-state index in [0.717, 1.165) is 33.7 Å². The van der Waals surface area contributed by atoms with Gasteiger partial charge >= 0.3 is 0 Å². The fourth-order valence-corrected chi connectivity index (χ4v) is 2.31. The number of halogens is 1. The van der Waals surface area contributed by atoms with Crippen molar-refractivity contribution in [3.63, 3.8) is 0 Å². The molecule has 1 heterocycles. The maximum absolute atomic E-state index is 5.84. The first-order valence-electron chi connectivity index (χ1n) is 6.32. The number of nitrogens with zero attached hydrogens (tertiary/aromatic N) is 2. The van der Waals surface area contributed by atoms with Crippen molar-refractivity contribution < 1.29 is 0 Å². The van der Waals surface area contributed by atoms with Crippen LogP contribution >= 0.6 is 15.9 Å². The van der Waals surface area contributed by atoms with Crippen molar-refractivity contribution in [3.05, 3.63) is 45.7 Å². The molecule has 0 radical (unpaired) electrons. The number of hydrogen-bond donors (Lipinski definition) is 1. The Hall–Kier alpha value is -1.26. The molecule has 0 saturated carbocycles. The van der Waals surface area contributed by atoms with Crippen LogP contribution in [0.15, 0.2) is 28.7 Å². The third kappa shape index (κ3) is 3.61. The lowest BCUT2D eigenvalue weighted by atomic mass is 10.1. The highest BCUT2D eigenvalue weighted by atomic mass is 79.9. The van der Waals surface area contributed by atoms with Crippen LogP contribution in [-0.4, -0.2) is 16.0 Å². The number of aromatic nitrogens is 2. The third-order valence-corrected chi connectivity index (χ3v) is 3.72. The lowest BCUT2D eigenvalue weighted by Crippen LogP contribution is -2.19. The second-order valence-corrected chi connectivity index (χ2v) is 5.82. The van der Waals surface area contributed by atoms with Gasteiger partial charge in [0.15, 0.2) is 5.82 Å². The van der Waals surface area contributed by atoms with Gasteiger partial charge < -0.3 is 5.73 Å². The summed E-state index contributed by atoms with van der Waals surface area (Å²) in [5.41, 5.74) is 10.0. The molecule has 19 heavy (non-hydrogen) atoms. The zero-order valence-corrected chi connectivity index (χ0v) is 13.0. The summed E-state index contributed by atoms with van der Waals surface area (Å²) in [4.78, 5) is 9.11. The summed E-state index contributed by atoms with van der Waals surface area (Å²) in [5, 5.41) is 0. The molecule has 2 aromatic rings. The summed E-state index contributed by atoms with van der Waals surface area (Å²) in [5.74, 6) is 0.761. The molecule has 0 aliphatic heterocycles. The predicted molar refractivity (Wildman–Crippen MR) is 82.0 cm³/mol. The molecule has 1 unspecified atom stereocenters. The minimum Gasteiger partial charge on any atom is -0.328 e. The van der Waals surface area contributed by atoms with Crippen LogP contribution in [0, 0.1) is 13.8 Å². The Morgan fingerprint density at radius 3 is 2.58 bits per heavy atom. The van der Waals surface area contributed by atoms with Gasteiger partial charge in [0.1, 0.15) is 0 Å². The van der Waals surface area contributed by atoms with E-state index in [1.165, 1.54) is 5.56 Å². The molecule has 0 aliphatic carbocycles. The summed E-state index contributed by atoms with van der Waals surface area (Å²) in [6.07, 6.45) is 0.767. The van der Waals surface area contributed by atoms with Gasteiger partial charge in [0.2, 0.25) is 0 Å². The summed E-state index contributed by atoms with van der Waals surface area (Å²) in [7, 11) is 0. The van der Waals surface area contributed by atoms with Gasteiger partial charge in [-0.1, -0.05) is 28.1 Å². The highest BCUT2D eigenvalue weighted by molar-refractivity contribution is 9.10. The van der Waals surface area contributed by atoms with Crippen molar-refractivity contribution in [1.29, 1.82) is 0 Å². The Bertz CT molecular complexity index is 594. The summed E-state index contributed by atoms with van der Waals surface area (Å²) < 4.78 is 1.07. The van der Waals surface area contributed by atoms with Crippen LogP contribution in [0.2, 0.25) is 0 Å². The molecule has 0 amide bonds. The minimum atomic E-state index is 0.104. The van der Waals surface area contributed by atoms with E-state index in [0.29, 0.717) is 0 Å². The standard InChI is InChI=1S/C15H18BrN3/c1-9-4-5-12(8-14(9)16)15-18-11(3)7-13(19-15)6-10(2)17/h4-5,7-8,10H,6,17H2,1-3H3. The first-order chi connectivity index (χ1) is 8.95. The van der Waals surface area contributed by atoms with Gasteiger partial charge in [0.05, 0.1) is 0 Å². The van der Waals surface area contributed by atoms with Gasteiger partial charge in [-0.3, -0.25) is 0 Å². The molecule has 2 N–H and O–H groups in total. The molecule has 3 nitrogen and oxygen atoms in total. The fourth-order valence-electron chi connectivity index (χ4n) is 1.93. The van der Waals surface area contributed by atoms with Gasteiger partial charge in [-0.2, -0.15) is 0 Å². The zero-order chi connectivity index (χ0) is 14.0. The van der Waals surface area contributed by atoms with Gasteiger partial charge in [-0.25, -0.2) is 9.97 Å². The first kappa shape index (κ1) is 14.2. The predicted octanol–water partition coefficient (Wildman–Crippen LogP) is 3.41. The van der Waals surface area contributed by atoms with Crippen LogP contribution in [-0.2, 0) is 6.42 Å². The molecular weight excluding hydrogens is 302 g/mol. The van der Waals surface area contributed by atoms with Crippen molar-refractivity contribution in [2.75, 3.05) is 0 Å². The molecule has 4 heteroatoms. The first-order valence-corrected chi connectivity index (χ1v) is 7.11. The summed E-state index contributed by atoms with van der Waals surface area (Å²) in [6.45, 7) is 6.03. The number of benzene rings is 1. The normalized spacial score (nSPS) is 12.5. The monoisotopic (exact) mass is 319 g/mol. The molecule has 0 spiro atoms. The second kappa shape index (κ2) is 5.80. The van der Waals surface area contributed by atoms with E-state index in [2.05, 4.69) is 45.0 Å². The third-order valence-electron chi connectivity index (χ3n) is 2.87. The van der Waals surface area contributed by atoms with Gasteiger partial charge in [0.25, 0.3) is 0 Å². The summed E-state index contributed by atoms with van der Waals surface area (Å²) in [6, 6.07) is 8.27. The number of aryl methyl sites for hydroxylation is 2. The molecule has 1 aromatic heterocycles. The lowest BCUT2D eigenvalue weighted by molar-refractivity contribution is 0.719. The highest BCUT2D eigenvalue weighted by Crippen LogP contribution is 2.23. The molecule has 100 valence electrons. The van der Waals surface area contributed by atoms with E-state index in [-0.39, 0.29) is 6.04 Å². The zero-order valence-electron chi connectivity index (χ0n) is 11.4. The fraction of sp³-hybridized carbons (Fsp3) is 0.333. The van der Waals surface area contributed by atoms with Crippen molar-refractivity contribution >= 4 is 15.9 Å². The van der Waals surface area contributed by atoms with E-state index in [9.17, 15) is 0 Å². The molecule has 2 rings (SSSR count). The Morgan fingerprint density at radius 2 is 1.95 bits per heavy atom. The van der Waals surface area contributed by atoms with Crippen LogP contribution < -0.4 is 5.73 Å². The molecule has 1 atom stereocenters. The van der Waals surface area contributed by atoms with Crippen molar-refractivity contribution in [1.82, 2.24) is 9.97 Å². The number of nitrogens with two attached hydrogens (primary N) is 1. The molecule has 0 aliphatic rings. The van der Waals surface area contributed by atoms with E-state index in [1.807, 2.05) is 26.0 Å². The smallest absolute Gasteiger partial charge is 0.159 e. The van der Waals surface area contributed by atoms with Crippen molar-refractivity contribution in [2.45, 2.75) is 33.2 Å². The van der Waals surface area contributed by atoms with Crippen LogP contribution in [0.3, 0.4) is 0 Å². The minimum absolute atomic E-state index is 0.104. The molecular formula is C15H18BrN3. The van der Waals surface area contributed by atoms with Crippen molar-refractivity contribution in [2.24, 2.45) is 5.73 Å². The SMILES string of the molecule is Cc1cc(CC(C)N)nc(-c2ccc(C)c(Br)c2)n1. The maximum atomic E-state index is 5.84. The molecule has 0 bridgehead atoms.